The average Bonchev–Trinajstić information content (AvgIpc) is 2.42. The molecule has 0 radical (unpaired) electrons. The third-order valence-corrected chi connectivity index (χ3v) is 3.62. The maximum Gasteiger partial charge on any atom is 0.308 e. The zero-order valence-electron chi connectivity index (χ0n) is 13.3. The van der Waals surface area contributed by atoms with Crippen LogP contribution in [0.15, 0.2) is 18.2 Å². The van der Waals surface area contributed by atoms with E-state index in [0.717, 1.165) is 0 Å². The van der Waals surface area contributed by atoms with Crippen molar-refractivity contribution >= 4 is 23.5 Å². The van der Waals surface area contributed by atoms with Crippen molar-refractivity contribution in [1.82, 2.24) is 0 Å². The second-order valence-electron chi connectivity index (χ2n) is 5.61. The van der Waals surface area contributed by atoms with E-state index in [1.807, 2.05) is 0 Å². The second-order valence-corrected chi connectivity index (χ2v) is 5.61. The molecule has 0 saturated carbocycles. The molecule has 6 heteroatoms. The molecule has 1 aliphatic carbocycles. The van der Waals surface area contributed by atoms with Crippen molar-refractivity contribution in [1.29, 1.82) is 0 Å². The molecule has 1 aromatic carbocycles. The minimum Gasteiger partial charge on any atom is -0.457 e. The van der Waals surface area contributed by atoms with Crippen LogP contribution in [0.1, 0.15) is 55.6 Å². The number of benzene rings is 1. The van der Waals surface area contributed by atoms with E-state index < -0.39 is 24.0 Å². The van der Waals surface area contributed by atoms with Gasteiger partial charge in [-0.1, -0.05) is 12.1 Å². The van der Waals surface area contributed by atoms with Gasteiger partial charge in [-0.05, 0) is 19.4 Å². The van der Waals surface area contributed by atoms with Crippen LogP contribution < -0.4 is 4.74 Å². The predicted molar refractivity (Wildman–Crippen MR) is 80.0 cm³/mol. The highest BCUT2D eigenvalue weighted by atomic mass is 16.6. The number of ether oxygens (including phenoxy) is 2. The van der Waals surface area contributed by atoms with Crippen LogP contribution in [0.5, 0.6) is 5.75 Å². The van der Waals surface area contributed by atoms with Crippen LogP contribution in [0.3, 0.4) is 0 Å². The number of Topliss-reactive ketones (excluding diaryl/α,β-unsaturated/α-hetero) is 2. The molecule has 0 N–H and O–H groups in total. The third kappa shape index (κ3) is 3.83. The van der Waals surface area contributed by atoms with Crippen molar-refractivity contribution in [3.63, 3.8) is 0 Å². The maximum absolute atomic E-state index is 12.6. The summed E-state index contributed by atoms with van der Waals surface area (Å²) in [5.74, 6) is -1.68. The van der Waals surface area contributed by atoms with Crippen molar-refractivity contribution in [3.8, 4) is 5.75 Å². The standard InChI is InChI=1S/C17H18O6/c1-9(18)7-12-8-15(23-11(3)20)16-13(17(12)21)5-4-6-14(16)22-10(2)19/h4-6,12,15H,7-8H2,1-3H3/t12-,15+/m1/s1. The van der Waals surface area contributed by atoms with E-state index in [-0.39, 0.29) is 30.2 Å². The van der Waals surface area contributed by atoms with Crippen LogP contribution in [0.4, 0.5) is 0 Å². The Hall–Kier alpha value is -2.50. The van der Waals surface area contributed by atoms with Gasteiger partial charge in [-0.25, -0.2) is 0 Å². The minimum absolute atomic E-state index is 0.0911. The van der Waals surface area contributed by atoms with Gasteiger partial charge in [-0.15, -0.1) is 0 Å². The fraction of sp³-hybridized carbons (Fsp3) is 0.412. The first-order valence-electron chi connectivity index (χ1n) is 7.31. The van der Waals surface area contributed by atoms with Gasteiger partial charge in [0.25, 0.3) is 0 Å². The smallest absolute Gasteiger partial charge is 0.308 e. The molecule has 0 unspecified atom stereocenters. The lowest BCUT2D eigenvalue weighted by Crippen LogP contribution is -2.29. The fourth-order valence-electron chi connectivity index (χ4n) is 2.87. The van der Waals surface area contributed by atoms with E-state index in [1.54, 1.807) is 18.2 Å². The molecule has 23 heavy (non-hydrogen) atoms. The second kappa shape index (κ2) is 6.73. The Balaban J connectivity index is 2.50. The third-order valence-electron chi connectivity index (χ3n) is 3.62. The lowest BCUT2D eigenvalue weighted by molar-refractivity contribution is -0.147. The van der Waals surface area contributed by atoms with Gasteiger partial charge < -0.3 is 14.3 Å². The zero-order chi connectivity index (χ0) is 17.1. The Morgan fingerprint density at radius 3 is 2.39 bits per heavy atom. The first-order chi connectivity index (χ1) is 10.8. The zero-order valence-corrected chi connectivity index (χ0v) is 13.3. The molecule has 0 aliphatic heterocycles. The normalized spacial score (nSPS) is 19.7. The van der Waals surface area contributed by atoms with Crippen molar-refractivity contribution in [3.05, 3.63) is 29.3 Å². The molecule has 0 bridgehead atoms. The summed E-state index contributed by atoms with van der Waals surface area (Å²) in [5.41, 5.74) is 0.718. The van der Waals surface area contributed by atoms with E-state index >= 15 is 0 Å². The number of rotatable bonds is 4. The summed E-state index contributed by atoms with van der Waals surface area (Å²) in [4.78, 5) is 46.6. The van der Waals surface area contributed by atoms with Gasteiger partial charge in [0.05, 0.1) is 0 Å². The molecule has 0 heterocycles. The lowest BCUT2D eigenvalue weighted by Gasteiger charge is -2.30. The number of carbonyl (C=O) groups is 4. The molecule has 0 spiro atoms. The van der Waals surface area contributed by atoms with Crippen molar-refractivity contribution in [2.45, 2.75) is 39.7 Å². The lowest BCUT2D eigenvalue weighted by atomic mass is 9.78. The summed E-state index contributed by atoms with van der Waals surface area (Å²) in [7, 11) is 0. The van der Waals surface area contributed by atoms with Crippen molar-refractivity contribution in [2.24, 2.45) is 5.92 Å². The number of hydrogen-bond donors (Lipinski definition) is 0. The van der Waals surface area contributed by atoms with Gasteiger partial charge >= 0.3 is 11.9 Å². The summed E-state index contributed by atoms with van der Waals surface area (Å²) < 4.78 is 10.4. The van der Waals surface area contributed by atoms with Gasteiger partial charge in [0.15, 0.2) is 5.78 Å². The summed E-state index contributed by atoms with van der Waals surface area (Å²) >= 11 is 0. The van der Waals surface area contributed by atoms with Crippen molar-refractivity contribution < 1.29 is 28.7 Å². The summed E-state index contributed by atoms with van der Waals surface area (Å²) in [6.07, 6.45) is -0.433. The SMILES string of the molecule is CC(=O)C[C@@H]1C[C@H](OC(C)=O)c2c(OC(C)=O)cccc2C1=O. The van der Waals surface area contributed by atoms with Gasteiger partial charge in [-0.2, -0.15) is 0 Å². The molecule has 122 valence electrons. The van der Waals surface area contributed by atoms with Gasteiger partial charge in [-0.3, -0.25) is 14.4 Å². The molecule has 6 nitrogen and oxygen atoms in total. The highest BCUT2D eigenvalue weighted by molar-refractivity contribution is 6.03. The van der Waals surface area contributed by atoms with Gasteiger partial charge in [0.2, 0.25) is 0 Å². The minimum atomic E-state index is -0.722. The number of carbonyl (C=O) groups excluding carboxylic acids is 4. The molecule has 0 aromatic heterocycles. The highest BCUT2D eigenvalue weighted by Gasteiger charge is 2.38. The molecule has 0 fully saturated rings. The van der Waals surface area contributed by atoms with Gasteiger partial charge in [0.1, 0.15) is 17.6 Å². The highest BCUT2D eigenvalue weighted by Crippen LogP contribution is 2.42. The van der Waals surface area contributed by atoms with E-state index in [4.69, 9.17) is 9.47 Å². The molecule has 2 atom stereocenters. The Kier molecular flexibility index (Phi) is 4.93. The van der Waals surface area contributed by atoms with E-state index in [0.29, 0.717) is 11.1 Å². The summed E-state index contributed by atoms with van der Waals surface area (Å²) in [6, 6.07) is 4.73. The van der Waals surface area contributed by atoms with Crippen LogP contribution in [0.25, 0.3) is 0 Å². The Morgan fingerprint density at radius 1 is 1.13 bits per heavy atom. The first kappa shape index (κ1) is 16.9. The number of fused-ring (bicyclic) bond motifs is 1. The van der Waals surface area contributed by atoms with Crippen LogP contribution in [-0.2, 0) is 19.1 Å². The van der Waals surface area contributed by atoms with Crippen LogP contribution in [0, 0.1) is 5.92 Å². The van der Waals surface area contributed by atoms with Gasteiger partial charge in [0, 0.05) is 37.3 Å². The molecule has 0 saturated heterocycles. The molecular formula is C17H18O6. The van der Waals surface area contributed by atoms with Crippen LogP contribution in [-0.4, -0.2) is 23.5 Å². The molecule has 2 rings (SSSR count). The quantitative estimate of drug-likeness (QED) is 0.626. The largest absolute Gasteiger partial charge is 0.457 e. The van der Waals surface area contributed by atoms with E-state index in [2.05, 4.69) is 0 Å². The Morgan fingerprint density at radius 2 is 1.83 bits per heavy atom. The van der Waals surface area contributed by atoms with E-state index in [1.165, 1.54) is 20.8 Å². The van der Waals surface area contributed by atoms with Crippen LogP contribution >= 0.6 is 0 Å². The first-order valence-corrected chi connectivity index (χ1v) is 7.31. The summed E-state index contributed by atoms with van der Waals surface area (Å²) in [6.45, 7) is 3.94. The van der Waals surface area contributed by atoms with Crippen molar-refractivity contribution in [2.75, 3.05) is 0 Å². The number of hydrogen-bond acceptors (Lipinski definition) is 6. The monoisotopic (exact) mass is 318 g/mol. The summed E-state index contributed by atoms with van der Waals surface area (Å²) in [5, 5.41) is 0. The molecule has 0 amide bonds. The number of ketones is 2. The number of esters is 2. The average molecular weight is 318 g/mol. The van der Waals surface area contributed by atoms with Crippen LogP contribution in [0.2, 0.25) is 0 Å². The molecule has 1 aliphatic rings. The molecular weight excluding hydrogens is 300 g/mol. The Labute approximate surface area is 133 Å². The predicted octanol–water partition coefficient (Wildman–Crippen LogP) is 2.40. The maximum atomic E-state index is 12.6. The topological polar surface area (TPSA) is 86.7 Å². The fourth-order valence-corrected chi connectivity index (χ4v) is 2.87. The van der Waals surface area contributed by atoms with E-state index in [9.17, 15) is 19.2 Å². The Bertz CT molecular complexity index is 676. The molecule has 1 aromatic rings.